The molecule has 7 nitrogen and oxygen atoms in total. The number of hydrogen-bond donors (Lipinski definition) is 2. The van der Waals surface area contributed by atoms with Crippen LogP contribution in [0.15, 0.2) is 40.2 Å². The Balaban J connectivity index is 2.12. The number of nitrogens with zero attached hydrogens (tertiary/aromatic N) is 2. The lowest BCUT2D eigenvalue weighted by atomic mass is 10.3. The van der Waals surface area contributed by atoms with Crippen molar-refractivity contribution < 1.29 is 9.59 Å². The van der Waals surface area contributed by atoms with Crippen LogP contribution in [0.25, 0.3) is 0 Å². The van der Waals surface area contributed by atoms with Crippen molar-refractivity contribution in [3.8, 4) is 0 Å². The maximum absolute atomic E-state index is 12.1. The summed E-state index contributed by atoms with van der Waals surface area (Å²) in [7, 11) is 0. The molecule has 0 saturated heterocycles. The molecule has 10 heteroatoms. The number of rotatable bonds is 6. The zero-order valence-corrected chi connectivity index (χ0v) is 14.5. The molecule has 0 bridgehead atoms. The Labute approximate surface area is 151 Å². The second kappa shape index (κ2) is 8.18. The molecule has 3 N–H and O–H groups in total. The van der Waals surface area contributed by atoms with Gasteiger partial charge in [0.25, 0.3) is 5.56 Å². The molecule has 1 heterocycles. The van der Waals surface area contributed by atoms with Crippen molar-refractivity contribution in [1.29, 1.82) is 0 Å². The van der Waals surface area contributed by atoms with Gasteiger partial charge in [-0.1, -0.05) is 35.3 Å². The third-order valence-electron chi connectivity index (χ3n) is 2.77. The van der Waals surface area contributed by atoms with Gasteiger partial charge in [-0.2, -0.15) is 5.10 Å². The summed E-state index contributed by atoms with van der Waals surface area (Å²) in [5.41, 5.74) is 4.97. The fourth-order valence-electron chi connectivity index (χ4n) is 1.73. The van der Waals surface area contributed by atoms with Crippen molar-refractivity contribution >= 4 is 52.5 Å². The van der Waals surface area contributed by atoms with Gasteiger partial charge in [-0.15, -0.1) is 11.8 Å². The predicted molar refractivity (Wildman–Crippen MR) is 93.5 cm³/mol. The van der Waals surface area contributed by atoms with Crippen molar-refractivity contribution in [3.63, 3.8) is 0 Å². The minimum atomic E-state index is -0.657. The van der Waals surface area contributed by atoms with Crippen LogP contribution in [0, 0.1) is 0 Å². The van der Waals surface area contributed by atoms with Crippen LogP contribution in [-0.2, 0) is 16.1 Å². The lowest BCUT2D eigenvalue weighted by Crippen LogP contribution is -2.30. The highest BCUT2D eigenvalue weighted by Gasteiger charge is 2.12. The molecule has 0 unspecified atom stereocenters. The van der Waals surface area contributed by atoms with Crippen molar-refractivity contribution in [2.45, 2.75) is 11.4 Å². The molecule has 1 aromatic carbocycles. The summed E-state index contributed by atoms with van der Waals surface area (Å²) in [6, 6.07) is 6.91. The van der Waals surface area contributed by atoms with Gasteiger partial charge in [-0.3, -0.25) is 14.4 Å². The first-order valence-electron chi connectivity index (χ1n) is 6.59. The van der Waals surface area contributed by atoms with Crippen molar-refractivity contribution in [1.82, 2.24) is 9.78 Å². The van der Waals surface area contributed by atoms with Gasteiger partial charge in [-0.25, -0.2) is 4.68 Å². The number of nitrogens with one attached hydrogen (secondary N) is 1. The Hall–Kier alpha value is -2.03. The van der Waals surface area contributed by atoms with Gasteiger partial charge in [-0.05, 0) is 12.1 Å². The molecule has 2 aromatic rings. The molecular formula is C14H12Cl2N4O3S. The predicted octanol–water partition coefficient (Wildman–Crippen LogP) is 1.77. The molecule has 2 amide bonds. The molecule has 0 aliphatic heterocycles. The summed E-state index contributed by atoms with van der Waals surface area (Å²) in [5, 5.41) is 6.24. The van der Waals surface area contributed by atoms with E-state index in [4.69, 9.17) is 28.9 Å². The van der Waals surface area contributed by atoms with Gasteiger partial charge >= 0.3 is 0 Å². The first-order valence-corrected chi connectivity index (χ1v) is 8.33. The normalized spacial score (nSPS) is 10.4. The highest BCUT2D eigenvalue weighted by molar-refractivity contribution is 8.00. The average molecular weight is 387 g/mol. The number of anilines is 1. The maximum atomic E-state index is 12.1. The largest absolute Gasteiger partial charge is 0.369 e. The fourth-order valence-corrected chi connectivity index (χ4v) is 2.75. The molecule has 0 radical (unpaired) electrons. The lowest BCUT2D eigenvalue weighted by molar-refractivity contribution is -0.117. The summed E-state index contributed by atoms with van der Waals surface area (Å²) < 4.78 is 0.905. The van der Waals surface area contributed by atoms with E-state index in [-0.39, 0.29) is 22.3 Å². The number of thioether (sulfide) groups is 1. The van der Waals surface area contributed by atoms with Gasteiger partial charge in [0.15, 0.2) is 0 Å². The number of nitrogens with two attached hydrogens (primary N) is 1. The van der Waals surface area contributed by atoms with Crippen LogP contribution in [0.5, 0.6) is 0 Å². The quantitative estimate of drug-likeness (QED) is 0.735. The summed E-state index contributed by atoms with van der Waals surface area (Å²) in [4.78, 5) is 35.6. The Bertz CT molecular complexity index is 841. The standard InChI is InChI=1S/C14H12Cl2N4O3S/c15-8-5-18-20(14(23)13(8)16)6-12(22)19-9-3-1-2-4-10(9)24-7-11(17)21/h1-5H,6-7H2,(H2,17,21)(H,19,22). The highest BCUT2D eigenvalue weighted by atomic mass is 35.5. The molecule has 0 fully saturated rings. The van der Waals surface area contributed by atoms with Gasteiger partial charge in [0, 0.05) is 4.90 Å². The number of para-hydroxylation sites is 1. The van der Waals surface area contributed by atoms with Gasteiger partial charge in [0.05, 0.1) is 22.7 Å². The molecular weight excluding hydrogens is 375 g/mol. The van der Waals surface area contributed by atoms with E-state index in [1.54, 1.807) is 24.3 Å². The van der Waals surface area contributed by atoms with E-state index in [0.717, 1.165) is 4.68 Å². The Morgan fingerprint density at radius 3 is 2.71 bits per heavy atom. The molecule has 0 saturated carbocycles. The second-order valence-electron chi connectivity index (χ2n) is 4.57. The molecule has 0 spiro atoms. The van der Waals surface area contributed by atoms with E-state index < -0.39 is 17.4 Å². The van der Waals surface area contributed by atoms with E-state index >= 15 is 0 Å². The molecule has 2 rings (SSSR count). The fraction of sp³-hybridized carbons (Fsp3) is 0.143. The molecule has 0 aliphatic carbocycles. The van der Waals surface area contributed by atoms with E-state index in [2.05, 4.69) is 10.4 Å². The second-order valence-corrected chi connectivity index (χ2v) is 6.37. The monoisotopic (exact) mass is 386 g/mol. The number of hydrogen-bond acceptors (Lipinski definition) is 5. The number of aromatic nitrogens is 2. The van der Waals surface area contributed by atoms with E-state index in [0.29, 0.717) is 10.6 Å². The number of amides is 2. The van der Waals surface area contributed by atoms with Crippen LogP contribution in [0.2, 0.25) is 10.0 Å². The van der Waals surface area contributed by atoms with E-state index in [9.17, 15) is 14.4 Å². The summed E-state index contributed by atoms with van der Waals surface area (Å²) in [6.07, 6.45) is 1.19. The van der Waals surface area contributed by atoms with Crippen LogP contribution in [0.3, 0.4) is 0 Å². The summed E-state index contributed by atoms with van der Waals surface area (Å²) in [5.74, 6) is -0.858. The molecule has 126 valence electrons. The van der Waals surface area contributed by atoms with Crippen molar-refractivity contribution in [3.05, 3.63) is 50.9 Å². The average Bonchev–Trinajstić information content (AvgIpc) is 2.54. The lowest BCUT2D eigenvalue weighted by Gasteiger charge is -2.11. The number of primary amides is 1. The SMILES string of the molecule is NC(=O)CSc1ccccc1NC(=O)Cn1ncc(Cl)c(Cl)c1=O. The number of halogens is 2. The van der Waals surface area contributed by atoms with E-state index in [1.807, 2.05) is 0 Å². The smallest absolute Gasteiger partial charge is 0.287 e. The van der Waals surface area contributed by atoms with Crippen molar-refractivity contribution in [2.24, 2.45) is 5.73 Å². The van der Waals surface area contributed by atoms with Crippen LogP contribution in [0.4, 0.5) is 5.69 Å². The number of carbonyl (C=O) groups excluding carboxylic acids is 2. The summed E-state index contributed by atoms with van der Waals surface area (Å²) >= 11 is 12.6. The zero-order chi connectivity index (χ0) is 17.7. The van der Waals surface area contributed by atoms with Gasteiger partial charge in [0.1, 0.15) is 11.6 Å². The minimum Gasteiger partial charge on any atom is -0.369 e. The topological polar surface area (TPSA) is 107 Å². The molecule has 1 aromatic heterocycles. The Morgan fingerprint density at radius 1 is 1.29 bits per heavy atom. The molecule has 0 atom stereocenters. The van der Waals surface area contributed by atoms with Crippen LogP contribution in [-0.4, -0.2) is 27.3 Å². The zero-order valence-electron chi connectivity index (χ0n) is 12.2. The molecule has 0 aliphatic rings. The Kier molecular flexibility index (Phi) is 6.24. The molecule has 24 heavy (non-hydrogen) atoms. The third-order valence-corrected chi connectivity index (χ3v) is 4.61. The number of carbonyl (C=O) groups is 2. The highest BCUT2D eigenvalue weighted by Crippen LogP contribution is 2.26. The van der Waals surface area contributed by atoms with Crippen LogP contribution in [0.1, 0.15) is 0 Å². The van der Waals surface area contributed by atoms with E-state index in [1.165, 1.54) is 18.0 Å². The summed E-state index contributed by atoms with van der Waals surface area (Å²) in [6.45, 7) is -0.329. The van der Waals surface area contributed by atoms with Crippen LogP contribution < -0.4 is 16.6 Å². The first kappa shape index (κ1) is 18.3. The maximum Gasteiger partial charge on any atom is 0.287 e. The van der Waals surface area contributed by atoms with Crippen molar-refractivity contribution in [2.75, 3.05) is 11.1 Å². The number of benzene rings is 1. The first-order chi connectivity index (χ1) is 11.4. The van der Waals surface area contributed by atoms with Gasteiger partial charge < -0.3 is 11.1 Å². The minimum absolute atomic E-state index is 0.0199. The van der Waals surface area contributed by atoms with Crippen LogP contribution >= 0.6 is 35.0 Å². The van der Waals surface area contributed by atoms with Gasteiger partial charge in [0.2, 0.25) is 11.8 Å². The Morgan fingerprint density at radius 2 is 2.00 bits per heavy atom. The third kappa shape index (κ3) is 4.73.